The fraction of sp³-hybridized carbons (Fsp3) is 0.0833. The fourth-order valence-corrected chi connectivity index (χ4v) is 3.54. The van der Waals surface area contributed by atoms with Gasteiger partial charge in [0.25, 0.3) is 11.5 Å². The van der Waals surface area contributed by atoms with Gasteiger partial charge in [-0.25, -0.2) is 9.98 Å². The minimum absolute atomic E-state index is 0.00886. The van der Waals surface area contributed by atoms with E-state index in [1.54, 1.807) is 18.2 Å². The van der Waals surface area contributed by atoms with Crippen molar-refractivity contribution < 1.29 is 22.7 Å². The number of nitrogens with zero attached hydrogens (tertiary/aromatic N) is 5. The van der Waals surface area contributed by atoms with Crippen LogP contribution in [0, 0.1) is 22.7 Å². The number of benzene rings is 2. The fourth-order valence-electron chi connectivity index (χ4n) is 3.32. The third-order valence-electron chi connectivity index (χ3n) is 4.93. The number of nitriles is 2. The minimum Gasteiger partial charge on any atom is -0.449 e. The van der Waals surface area contributed by atoms with Gasteiger partial charge in [-0.3, -0.25) is 14.2 Å². The number of ether oxygens (including phenoxy) is 1. The summed E-state index contributed by atoms with van der Waals surface area (Å²) in [7, 11) is 0. The third-order valence-corrected chi connectivity index (χ3v) is 5.15. The Morgan fingerprint density at radius 3 is 2.36 bits per heavy atom. The molecule has 2 heterocycles. The molecule has 0 spiro atoms. The van der Waals surface area contributed by atoms with Crippen molar-refractivity contribution in [2.75, 3.05) is 0 Å². The van der Waals surface area contributed by atoms with E-state index in [-0.39, 0.29) is 34.2 Å². The molecule has 1 aliphatic heterocycles. The Hall–Kier alpha value is -4.74. The zero-order valence-corrected chi connectivity index (χ0v) is 18.6. The summed E-state index contributed by atoms with van der Waals surface area (Å²) in [5.41, 5.74) is -1.58. The first-order valence-corrected chi connectivity index (χ1v) is 10.4. The highest BCUT2D eigenvalue weighted by Crippen LogP contribution is 2.35. The summed E-state index contributed by atoms with van der Waals surface area (Å²) in [6.07, 6.45) is -2.95. The Morgan fingerprint density at radius 1 is 1.03 bits per heavy atom. The van der Waals surface area contributed by atoms with Crippen molar-refractivity contribution in [3.8, 4) is 23.6 Å². The molecular formula is C24H11ClF3N5O3. The molecule has 0 unspecified atom stereocenters. The molecule has 12 heteroatoms. The highest BCUT2D eigenvalue weighted by atomic mass is 35.5. The van der Waals surface area contributed by atoms with Crippen LogP contribution >= 0.6 is 11.6 Å². The van der Waals surface area contributed by atoms with Crippen LogP contribution in [0.5, 0.6) is 11.5 Å². The van der Waals surface area contributed by atoms with Crippen LogP contribution in [0.4, 0.5) is 13.2 Å². The quantitative estimate of drug-likeness (QED) is 0.498. The van der Waals surface area contributed by atoms with Crippen LogP contribution in [0.25, 0.3) is 5.57 Å². The highest BCUT2D eigenvalue weighted by molar-refractivity contribution is 6.32. The second kappa shape index (κ2) is 9.49. The minimum atomic E-state index is -5.02. The zero-order chi connectivity index (χ0) is 26.0. The number of alkyl halides is 3. The zero-order valence-electron chi connectivity index (χ0n) is 17.9. The van der Waals surface area contributed by atoms with Gasteiger partial charge in [-0.1, -0.05) is 23.7 Å². The molecule has 0 N–H and O–H groups in total. The van der Waals surface area contributed by atoms with Gasteiger partial charge >= 0.3 is 6.18 Å². The SMILES string of the molecule is N#Cc1ccc(C2=CC(Cn3cnc(C(F)(F)F)c(Oc4cc(Cl)cc(C#N)c4)c3=O)=NC2=O)cc1. The Balaban J connectivity index is 1.70. The van der Waals surface area contributed by atoms with Crippen LogP contribution in [0.15, 0.2) is 64.7 Å². The van der Waals surface area contributed by atoms with Gasteiger partial charge in [-0.05, 0) is 42.0 Å². The van der Waals surface area contributed by atoms with Gasteiger partial charge < -0.3 is 4.74 Å². The van der Waals surface area contributed by atoms with Crippen molar-refractivity contribution in [3.63, 3.8) is 0 Å². The predicted octanol–water partition coefficient (Wildman–Crippen LogP) is 4.52. The number of carbonyl (C=O) groups is 1. The first-order chi connectivity index (χ1) is 17.1. The number of allylic oxidation sites excluding steroid dienone is 1. The lowest BCUT2D eigenvalue weighted by Gasteiger charge is -2.14. The second-order valence-corrected chi connectivity index (χ2v) is 7.83. The molecule has 3 aromatic rings. The molecule has 0 fully saturated rings. The molecule has 0 saturated heterocycles. The van der Waals surface area contributed by atoms with Crippen molar-refractivity contribution in [3.05, 3.63) is 92.6 Å². The van der Waals surface area contributed by atoms with Crippen LogP contribution in [0.3, 0.4) is 0 Å². The molecule has 1 aromatic heterocycles. The summed E-state index contributed by atoms with van der Waals surface area (Å²) in [6, 6.07) is 13.4. The van der Waals surface area contributed by atoms with Gasteiger partial charge in [0.1, 0.15) is 5.75 Å². The number of halogens is 4. The summed E-state index contributed by atoms with van der Waals surface area (Å²) in [6.45, 7) is -0.370. The summed E-state index contributed by atoms with van der Waals surface area (Å²) in [5, 5.41) is 18.0. The Bertz CT molecular complexity index is 1590. The molecule has 0 radical (unpaired) electrons. The topological polar surface area (TPSA) is 121 Å². The molecular weight excluding hydrogens is 499 g/mol. The number of hydrogen-bond acceptors (Lipinski definition) is 6. The van der Waals surface area contributed by atoms with Gasteiger partial charge in [0.2, 0.25) is 5.75 Å². The molecule has 0 atom stereocenters. The average molecular weight is 510 g/mol. The second-order valence-electron chi connectivity index (χ2n) is 7.40. The average Bonchev–Trinajstić information content (AvgIpc) is 3.20. The number of aromatic nitrogens is 2. The van der Waals surface area contributed by atoms with Crippen LogP contribution in [-0.2, 0) is 17.5 Å². The number of amides is 1. The van der Waals surface area contributed by atoms with E-state index in [0.29, 0.717) is 17.5 Å². The van der Waals surface area contributed by atoms with E-state index in [1.165, 1.54) is 24.3 Å². The lowest BCUT2D eigenvalue weighted by molar-refractivity contribution is -0.142. The van der Waals surface area contributed by atoms with Crippen LogP contribution in [-0.4, -0.2) is 21.2 Å². The highest BCUT2D eigenvalue weighted by Gasteiger charge is 2.39. The van der Waals surface area contributed by atoms with Crippen molar-refractivity contribution in [1.29, 1.82) is 10.5 Å². The van der Waals surface area contributed by atoms with Crippen molar-refractivity contribution in [2.45, 2.75) is 12.7 Å². The molecule has 2 aromatic carbocycles. The molecule has 4 rings (SSSR count). The summed E-state index contributed by atoms with van der Waals surface area (Å²) in [5.74, 6) is -2.00. The Labute approximate surface area is 205 Å². The molecule has 1 aliphatic rings. The van der Waals surface area contributed by atoms with Crippen molar-refractivity contribution in [2.24, 2.45) is 4.99 Å². The van der Waals surface area contributed by atoms with E-state index in [2.05, 4.69) is 9.98 Å². The molecule has 0 aliphatic carbocycles. The smallest absolute Gasteiger partial charge is 0.437 e. The lowest BCUT2D eigenvalue weighted by Crippen LogP contribution is -2.28. The predicted molar refractivity (Wildman–Crippen MR) is 121 cm³/mol. The maximum Gasteiger partial charge on any atom is 0.437 e. The third kappa shape index (κ3) is 5.02. The number of hydrogen-bond donors (Lipinski definition) is 0. The largest absolute Gasteiger partial charge is 0.449 e. The van der Waals surface area contributed by atoms with Gasteiger partial charge in [0.15, 0.2) is 5.69 Å². The van der Waals surface area contributed by atoms with E-state index < -0.39 is 29.1 Å². The molecule has 178 valence electrons. The van der Waals surface area contributed by atoms with E-state index in [9.17, 15) is 22.8 Å². The Kier molecular flexibility index (Phi) is 6.43. The monoisotopic (exact) mass is 509 g/mol. The van der Waals surface area contributed by atoms with E-state index in [1.807, 2.05) is 6.07 Å². The van der Waals surface area contributed by atoms with Gasteiger partial charge in [-0.15, -0.1) is 0 Å². The van der Waals surface area contributed by atoms with Crippen molar-refractivity contribution >= 4 is 28.8 Å². The number of rotatable bonds is 5. The van der Waals surface area contributed by atoms with E-state index in [0.717, 1.165) is 16.7 Å². The number of carbonyl (C=O) groups excluding carboxylic acids is 1. The molecule has 1 amide bonds. The summed E-state index contributed by atoms with van der Waals surface area (Å²) < 4.78 is 46.7. The lowest BCUT2D eigenvalue weighted by atomic mass is 10.0. The van der Waals surface area contributed by atoms with Crippen molar-refractivity contribution in [1.82, 2.24) is 9.55 Å². The van der Waals surface area contributed by atoms with Gasteiger partial charge in [-0.2, -0.15) is 23.7 Å². The summed E-state index contributed by atoms with van der Waals surface area (Å²) >= 11 is 5.88. The molecule has 36 heavy (non-hydrogen) atoms. The maximum absolute atomic E-state index is 13.6. The molecule has 0 saturated carbocycles. The normalized spacial score (nSPS) is 13.0. The molecule has 8 nitrogen and oxygen atoms in total. The van der Waals surface area contributed by atoms with Crippen LogP contribution < -0.4 is 10.3 Å². The maximum atomic E-state index is 13.6. The number of aliphatic imine (C=N–C) groups is 1. The van der Waals surface area contributed by atoms with Crippen LogP contribution in [0.2, 0.25) is 5.02 Å². The first-order valence-electron chi connectivity index (χ1n) is 9.98. The molecule has 0 bridgehead atoms. The standard InChI is InChI=1S/C24H11ClF3N5O3/c25-16-5-14(10-30)6-18(7-16)36-20-21(24(26,27)28)31-12-33(23(20)35)11-17-8-19(22(34)32-17)15-3-1-13(9-29)2-4-15/h1-8,12H,11H2. The van der Waals surface area contributed by atoms with E-state index in [4.69, 9.17) is 26.9 Å². The van der Waals surface area contributed by atoms with Gasteiger partial charge in [0, 0.05) is 5.02 Å². The first kappa shape index (κ1) is 24.4. The van der Waals surface area contributed by atoms with Gasteiger partial charge in [0.05, 0.1) is 47.4 Å². The summed E-state index contributed by atoms with van der Waals surface area (Å²) in [4.78, 5) is 32.6. The Morgan fingerprint density at radius 2 is 1.72 bits per heavy atom. The van der Waals surface area contributed by atoms with E-state index >= 15 is 0 Å². The van der Waals surface area contributed by atoms with Crippen LogP contribution in [0.1, 0.15) is 22.4 Å².